The van der Waals surface area contributed by atoms with E-state index in [4.69, 9.17) is 0 Å². The number of hydrogen-bond donors (Lipinski definition) is 1. The van der Waals surface area contributed by atoms with Crippen LogP contribution in [0, 0.1) is 0 Å². The molecule has 0 aliphatic carbocycles. The number of carbonyl (C=O) groups excluding carboxylic acids is 1. The summed E-state index contributed by atoms with van der Waals surface area (Å²) in [6.07, 6.45) is 1.97. The van der Waals surface area contributed by atoms with E-state index < -0.39 is 0 Å². The lowest BCUT2D eigenvalue weighted by Crippen LogP contribution is -2.57. The number of aromatic hydroxyl groups is 1. The number of amides is 1. The zero-order valence-corrected chi connectivity index (χ0v) is 19.2. The maximum Gasteiger partial charge on any atom is 0.253 e. The van der Waals surface area contributed by atoms with Gasteiger partial charge in [0, 0.05) is 50.9 Å². The smallest absolute Gasteiger partial charge is 0.253 e. The average Bonchev–Trinajstić information content (AvgIpc) is 2.77. The number of phenols is 1. The average molecular weight is 422 g/mol. The molecular weight excluding hydrogens is 386 g/mol. The van der Waals surface area contributed by atoms with Gasteiger partial charge in [0.1, 0.15) is 5.75 Å². The highest BCUT2D eigenvalue weighted by molar-refractivity contribution is 5.94. The summed E-state index contributed by atoms with van der Waals surface area (Å²) in [5.41, 5.74) is 2.87. The maximum atomic E-state index is 12.5. The second kappa shape index (κ2) is 10.1. The topological polar surface area (TPSA) is 47.0 Å². The Morgan fingerprint density at radius 1 is 1.16 bits per heavy atom. The second-order valence-corrected chi connectivity index (χ2v) is 8.58. The Bertz CT molecular complexity index is 896. The Morgan fingerprint density at radius 2 is 1.87 bits per heavy atom. The molecule has 31 heavy (non-hydrogen) atoms. The SMILES string of the molecule is C=CCN1C[C@H](C)N([C@H](c2ccc(C(=O)N(C)CC)cc2)c2cccc(O)c2)C[C@H]1C. The molecule has 0 spiro atoms. The van der Waals surface area contributed by atoms with E-state index in [0.29, 0.717) is 24.2 Å². The summed E-state index contributed by atoms with van der Waals surface area (Å²) >= 11 is 0. The normalized spacial score (nSPS) is 20.9. The molecular formula is C26H35N3O2. The fourth-order valence-electron chi connectivity index (χ4n) is 4.45. The van der Waals surface area contributed by atoms with Crippen molar-refractivity contribution in [2.75, 3.05) is 33.2 Å². The highest BCUT2D eigenvalue weighted by Gasteiger charge is 2.34. The van der Waals surface area contributed by atoms with Crippen LogP contribution in [-0.4, -0.2) is 71.0 Å². The molecule has 3 rings (SSSR count). The van der Waals surface area contributed by atoms with Crippen molar-refractivity contribution in [1.82, 2.24) is 14.7 Å². The van der Waals surface area contributed by atoms with E-state index in [1.807, 2.05) is 44.3 Å². The Kier molecular flexibility index (Phi) is 7.52. The minimum Gasteiger partial charge on any atom is -0.508 e. The van der Waals surface area contributed by atoms with E-state index in [1.54, 1.807) is 11.0 Å². The molecule has 2 aromatic rings. The van der Waals surface area contributed by atoms with Gasteiger partial charge >= 0.3 is 0 Å². The fraction of sp³-hybridized carbons (Fsp3) is 0.423. The summed E-state index contributed by atoms with van der Waals surface area (Å²) in [5, 5.41) is 10.2. The molecule has 1 aliphatic heterocycles. The number of benzene rings is 2. The van der Waals surface area contributed by atoms with Gasteiger partial charge in [0.05, 0.1) is 6.04 Å². The molecule has 0 aromatic heterocycles. The Labute approximate surface area is 186 Å². The monoisotopic (exact) mass is 421 g/mol. The summed E-state index contributed by atoms with van der Waals surface area (Å²) in [6.45, 7) is 13.8. The number of piperazine rings is 1. The molecule has 0 radical (unpaired) electrons. The van der Waals surface area contributed by atoms with Crippen molar-refractivity contribution in [3.8, 4) is 5.75 Å². The van der Waals surface area contributed by atoms with Gasteiger partial charge in [-0.1, -0.05) is 30.3 Å². The van der Waals surface area contributed by atoms with Crippen molar-refractivity contribution >= 4 is 5.91 Å². The van der Waals surface area contributed by atoms with E-state index in [-0.39, 0.29) is 17.7 Å². The van der Waals surface area contributed by atoms with Gasteiger partial charge < -0.3 is 10.0 Å². The number of hydrogen-bond acceptors (Lipinski definition) is 4. The van der Waals surface area contributed by atoms with Crippen LogP contribution in [0.5, 0.6) is 5.75 Å². The molecule has 1 saturated heterocycles. The lowest BCUT2D eigenvalue weighted by Gasteiger charge is -2.47. The largest absolute Gasteiger partial charge is 0.508 e. The van der Waals surface area contributed by atoms with Crippen LogP contribution in [0.25, 0.3) is 0 Å². The zero-order chi connectivity index (χ0) is 22.5. The Balaban J connectivity index is 1.96. The molecule has 1 fully saturated rings. The molecule has 1 N–H and O–H groups in total. The second-order valence-electron chi connectivity index (χ2n) is 8.58. The zero-order valence-electron chi connectivity index (χ0n) is 19.2. The first kappa shape index (κ1) is 23.0. The van der Waals surface area contributed by atoms with Crippen molar-refractivity contribution in [2.24, 2.45) is 0 Å². The van der Waals surface area contributed by atoms with Crippen LogP contribution in [0.4, 0.5) is 0 Å². The van der Waals surface area contributed by atoms with Crippen molar-refractivity contribution in [2.45, 2.75) is 38.9 Å². The van der Waals surface area contributed by atoms with E-state index in [1.165, 1.54) is 0 Å². The fourth-order valence-corrected chi connectivity index (χ4v) is 4.45. The van der Waals surface area contributed by atoms with Gasteiger partial charge in [-0.2, -0.15) is 0 Å². The van der Waals surface area contributed by atoms with Crippen LogP contribution in [-0.2, 0) is 0 Å². The van der Waals surface area contributed by atoms with Crippen LogP contribution in [0.3, 0.4) is 0 Å². The molecule has 0 saturated carbocycles. The van der Waals surface area contributed by atoms with Gasteiger partial charge in [-0.15, -0.1) is 6.58 Å². The number of carbonyl (C=O) groups is 1. The van der Waals surface area contributed by atoms with Crippen molar-refractivity contribution in [3.05, 3.63) is 77.9 Å². The molecule has 0 unspecified atom stereocenters. The van der Waals surface area contributed by atoms with Crippen molar-refractivity contribution < 1.29 is 9.90 Å². The van der Waals surface area contributed by atoms with Gasteiger partial charge in [0.15, 0.2) is 0 Å². The van der Waals surface area contributed by atoms with Gasteiger partial charge in [-0.25, -0.2) is 0 Å². The first-order valence-electron chi connectivity index (χ1n) is 11.1. The third-order valence-corrected chi connectivity index (χ3v) is 6.34. The highest BCUT2D eigenvalue weighted by atomic mass is 16.3. The summed E-state index contributed by atoms with van der Waals surface area (Å²) < 4.78 is 0. The molecule has 2 aromatic carbocycles. The van der Waals surface area contributed by atoms with Gasteiger partial charge in [0.2, 0.25) is 0 Å². The molecule has 1 amide bonds. The molecule has 0 bridgehead atoms. The van der Waals surface area contributed by atoms with Crippen molar-refractivity contribution in [1.29, 1.82) is 0 Å². The van der Waals surface area contributed by atoms with Gasteiger partial charge in [0.25, 0.3) is 5.91 Å². The third kappa shape index (κ3) is 5.17. The van der Waals surface area contributed by atoms with E-state index in [2.05, 4.69) is 48.4 Å². The van der Waals surface area contributed by atoms with Crippen LogP contribution in [0.2, 0.25) is 0 Å². The minimum atomic E-state index is 0.00323. The lowest BCUT2D eigenvalue weighted by atomic mass is 9.92. The maximum absolute atomic E-state index is 12.5. The van der Waals surface area contributed by atoms with Crippen molar-refractivity contribution in [3.63, 3.8) is 0 Å². The highest BCUT2D eigenvalue weighted by Crippen LogP contribution is 2.34. The van der Waals surface area contributed by atoms with Crippen LogP contribution >= 0.6 is 0 Å². The molecule has 166 valence electrons. The predicted octanol–water partition coefficient (Wildman–Crippen LogP) is 4.15. The van der Waals surface area contributed by atoms with E-state index in [9.17, 15) is 9.90 Å². The lowest BCUT2D eigenvalue weighted by molar-refractivity contribution is 0.0306. The Morgan fingerprint density at radius 3 is 2.48 bits per heavy atom. The van der Waals surface area contributed by atoms with Gasteiger partial charge in [-0.05, 0) is 56.2 Å². The van der Waals surface area contributed by atoms with Crippen LogP contribution < -0.4 is 0 Å². The van der Waals surface area contributed by atoms with Crippen LogP contribution in [0.15, 0.2) is 61.2 Å². The van der Waals surface area contributed by atoms with E-state index >= 15 is 0 Å². The van der Waals surface area contributed by atoms with Crippen LogP contribution in [0.1, 0.15) is 48.3 Å². The Hall–Kier alpha value is -2.63. The molecule has 5 nitrogen and oxygen atoms in total. The van der Waals surface area contributed by atoms with E-state index in [0.717, 1.165) is 30.8 Å². The molecule has 1 heterocycles. The molecule has 5 heteroatoms. The first-order chi connectivity index (χ1) is 14.8. The number of rotatable bonds is 7. The summed E-state index contributed by atoms with van der Waals surface area (Å²) in [4.78, 5) is 19.2. The van der Waals surface area contributed by atoms with Gasteiger partial charge in [-0.3, -0.25) is 14.6 Å². The standard InChI is InChI=1S/C26H35N3O2/c1-6-15-28-17-20(4)29(18-19(28)3)25(23-9-8-10-24(30)16-23)21-11-13-22(14-12-21)26(31)27(5)7-2/h6,8-14,16,19-20,25,30H,1,7,15,17-18H2,2-5H3/t19-,20+,25-/m1/s1. The summed E-state index contributed by atoms with van der Waals surface area (Å²) in [6, 6.07) is 16.2. The first-order valence-corrected chi connectivity index (χ1v) is 11.1. The minimum absolute atomic E-state index is 0.00323. The molecule has 3 atom stereocenters. The quantitative estimate of drug-likeness (QED) is 0.682. The summed E-state index contributed by atoms with van der Waals surface area (Å²) in [5.74, 6) is 0.299. The summed E-state index contributed by atoms with van der Waals surface area (Å²) in [7, 11) is 1.82. The number of nitrogens with zero attached hydrogens (tertiary/aromatic N) is 3. The third-order valence-electron chi connectivity index (χ3n) is 6.34. The molecule has 1 aliphatic rings. The number of phenolic OH excluding ortho intramolecular Hbond substituents is 1. The predicted molar refractivity (Wildman–Crippen MR) is 126 cm³/mol.